The molecular formula is C7H8ClN2NaO4S2. The number of nitrogens with zero attached hydrogens (tertiary/aromatic N) is 1. The molecule has 10 heteroatoms. The molecular weight excluding hydrogens is 299 g/mol. The predicted octanol–water partition coefficient (Wildman–Crippen LogP) is -1.67. The maximum atomic E-state index is 11.2. The smallest absolute Gasteiger partial charge is 1.00 e. The van der Waals surface area contributed by atoms with Crippen LogP contribution in [0.4, 0.5) is 5.69 Å². The Hall–Kier alpha value is 0.170. The number of anilines is 1. The van der Waals surface area contributed by atoms with Gasteiger partial charge in [-0.1, -0.05) is 11.6 Å². The molecule has 1 heterocycles. The van der Waals surface area contributed by atoms with Crippen LogP contribution in [0.3, 0.4) is 0 Å². The molecule has 1 aromatic heterocycles. The standard InChI is InChI=1S/C7H7ClN2O4S2.Na.H/c8-6-2-1-5(3-9-6)10-7(11)4-15-16(12,13)14;;/h1-3H,4H2,(H,10,11)(H,12,13,14);;/q;+1;-1. The number of nitrogens with one attached hydrogen (secondary N) is 1. The molecule has 0 aliphatic carbocycles. The van der Waals surface area contributed by atoms with Crippen molar-refractivity contribution in [3.63, 3.8) is 0 Å². The van der Waals surface area contributed by atoms with Crippen LogP contribution in [0, 0.1) is 0 Å². The molecule has 0 spiro atoms. The number of carbonyl (C=O) groups excluding carboxylic acids is 1. The van der Waals surface area contributed by atoms with Crippen molar-refractivity contribution in [2.75, 3.05) is 11.1 Å². The first-order valence-corrected chi connectivity index (χ1v) is 7.22. The maximum absolute atomic E-state index is 11.2. The van der Waals surface area contributed by atoms with E-state index in [1.54, 1.807) is 0 Å². The van der Waals surface area contributed by atoms with Gasteiger partial charge in [-0.05, 0) is 12.1 Å². The Morgan fingerprint density at radius 3 is 2.71 bits per heavy atom. The summed E-state index contributed by atoms with van der Waals surface area (Å²) in [4.78, 5) is 14.9. The van der Waals surface area contributed by atoms with E-state index in [2.05, 4.69) is 10.3 Å². The van der Waals surface area contributed by atoms with Gasteiger partial charge in [-0.25, -0.2) is 4.98 Å². The molecule has 17 heavy (non-hydrogen) atoms. The van der Waals surface area contributed by atoms with Crippen LogP contribution in [0.5, 0.6) is 0 Å². The second-order valence-electron chi connectivity index (χ2n) is 2.61. The number of pyridine rings is 1. The van der Waals surface area contributed by atoms with E-state index in [0.29, 0.717) is 5.69 Å². The third kappa shape index (κ3) is 7.98. The number of halogens is 1. The van der Waals surface area contributed by atoms with Gasteiger partial charge in [0.2, 0.25) is 5.91 Å². The quantitative estimate of drug-likeness (QED) is 0.299. The normalized spacial score (nSPS) is 10.5. The van der Waals surface area contributed by atoms with Crippen molar-refractivity contribution < 1.29 is 48.7 Å². The van der Waals surface area contributed by atoms with Crippen LogP contribution in [-0.2, 0) is 13.9 Å². The molecule has 0 aromatic carbocycles. The van der Waals surface area contributed by atoms with Crippen LogP contribution in [0.1, 0.15) is 1.43 Å². The maximum Gasteiger partial charge on any atom is 1.00 e. The summed E-state index contributed by atoms with van der Waals surface area (Å²) >= 11 is 5.53. The molecule has 0 aliphatic heterocycles. The zero-order valence-corrected chi connectivity index (χ0v) is 13.1. The van der Waals surface area contributed by atoms with E-state index in [9.17, 15) is 13.2 Å². The van der Waals surface area contributed by atoms with E-state index < -0.39 is 20.8 Å². The van der Waals surface area contributed by atoms with Gasteiger partial charge in [0.1, 0.15) is 5.15 Å². The number of amides is 1. The third-order valence-electron chi connectivity index (χ3n) is 1.35. The van der Waals surface area contributed by atoms with Gasteiger partial charge in [0.05, 0.1) is 17.6 Å². The van der Waals surface area contributed by atoms with Gasteiger partial charge in [-0.15, -0.1) is 0 Å². The number of aromatic nitrogens is 1. The number of hydrogen-bond acceptors (Lipinski definition) is 5. The van der Waals surface area contributed by atoms with Crippen molar-refractivity contribution in [2.45, 2.75) is 0 Å². The molecule has 0 saturated heterocycles. The Labute approximate surface area is 130 Å². The van der Waals surface area contributed by atoms with E-state index in [4.69, 9.17) is 16.2 Å². The van der Waals surface area contributed by atoms with Crippen LogP contribution in [-0.4, -0.2) is 29.6 Å². The monoisotopic (exact) mass is 306 g/mol. The Kier molecular flexibility index (Phi) is 7.65. The van der Waals surface area contributed by atoms with Crippen molar-refractivity contribution in [2.24, 2.45) is 0 Å². The minimum Gasteiger partial charge on any atom is -1.00 e. The van der Waals surface area contributed by atoms with Crippen LogP contribution in [0.2, 0.25) is 5.15 Å². The second kappa shape index (κ2) is 7.57. The van der Waals surface area contributed by atoms with Crippen LogP contribution in [0.15, 0.2) is 18.3 Å². The topological polar surface area (TPSA) is 96.4 Å². The molecule has 0 atom stereocenters. The van der Waals surface area contributed by atoms with E-state index in [1.807, 2.05) is 0 Å². The van der Waals surface area contributed by atoms with Crippen LogP contribution < -0.4 is 34.9 Å². The van der Waals surface area contributed by atoms with Gasteiger partial charge < -0.3 is 6.74 Å². The molecule has 0 bridgehead atoms. The number of rotatable bonds is 4. The number of hydrogen-bond donors (Lipinski definition) is 2. The molecule has 0 fully saturated rings. The molecule has 1 rings (SSSR count). The summed E-state index contributed by atoms with van der Waals surface area (Å²) in [7, 11) is -4.07. The molecule has 6 nitrogen and oxygen atoms in total. The summed E-state index contributed by atoms with van der Waals surface area (Å²) in [5, 5.41) is 2.67. The van der Waals surface area contributed by atoms with Gasteiger partial charge in [0, 0.05) is 10.8 Å². The molecule has 90 valence electrons. The second-order valence-corrected chi connectivity index (χ2v) is 6.35. The summed E-state index contributed by atoms with van der Waals surface area (Å²) in [5.74, 6) is -0.965. The fourth-order valence-electron chi connectivity index (χ4n) is 0.775. The van der Waals surface area contributed by atoms with Crippen molar-refractivity contribution >= 4 is 43.1 Å². The van der Waals surface area contributed by atoms with Gasteiger partial charge >= 0.3 is 38.7 Å². The van der Waals surface area contributed by atoms with Gasteiger partial charge in [-0.2, -0.15) is 8.42 Å². The Morgan fingerprint density at radius 1 is 1.59 bits per heavy atom. The molecule has 0 unspecified atom stereocenters. The van der Waals surface area contributed by atoms with Crippen molar-refractivity contribution in [3.05, 3.63) is 23.5 Å². The summed E-state index contributed by atoms with van der Waals surface area (Å²) in [6.07, 6.45) is 1.33. The van der Waals surface area contributed by atoms with Gasteiger partial charge in [0.25, 0.3) is 0 Å². The minimum absolute atomic E-state index is 0. The van der Waals surface area contributed by atoms with E-state index in [0.717, 1.165) is 0 Å². The van der Waals surface area contributed by atoms with E-state index in [1.165, 1.54) is 18.3 Å². The van der Waals surface area contributed by atoms with E-state index in [-0.39, 0.29) is 46.9 Å². The van der Waals surface area contributed by atoms with Gasteiger partial charge in [-0.3, -0.25) is 9.35 Å². The molecule has 0 saturated carbocycles. The fourth-order valence-corrected chi connectivity index (χ4v) is 1.98. The molecule has 1 amide bonds. The van der Waals surface area contributed by atoms with Gasteiger partial charge in [0.15, 0.2) is 0 Å². The average Bonchev–Trinajstić information content (AvgIpc) is 2.18. The molecule has 1 aromatic rings. The summed E-state index contributed by atoms with van der Waals surface area (Å²) in [6, 6.07) is 3.00. The largest absolute Gasteiger partial charge is 1.00 e. The van der Waals surface area contributed by atoms with Crippen molar-refractivity contribution in [1.82, 2.24) is 4.98 Å². The zero-order valence-electron chi connectivity index (χ0n) is 9.75. The van der Waals surface area contributed by atoms with Crippen molar-refractivity contribution in [3.8, 4) is 0 Å². The van der Waals surface area contributed by atoms with Crippen molar-refractivity contribution in [1.29, 1.82) is 0 Å². The first kappa shape index (κ1) is 17.2. The average molecular weight is 307 g/mol. The Bertz CT molecular complexity index is 485. The first-order valence-electron chi connectivity index (χ1n) is 3.90. The molecule has 0 aliphatic rings. The Balaban J connectivity index is 0. The molecule has 0 radical (unpaired) electrons. The number of carbonyl (C=O) groups is 1. The Morgan fingerprint density at radius 2 is 2.24 bits per heavy atom. The molecule has 2 N–H and O–H groups in total. The first-order chi connectivity index (χ1) is 7.37. The van der Waals surface area contributed by atoms with Crippen LogP contribution >= 0.6 is 22.4 Å². The minimum atomic E-state index is -4.20. The predicted molar refractivity (Wildman–Crippen MR) is 63.0 cm³/mol. The zero-order chi connectivity index (χ0) is 12.2. The SMILES string of the molecule is O=C(CSS(=O)(=O)O)Nc1ccc(Cl)nc1.[H-].[Na+]. The van der Waals surface area contributed by atoms with E-state index >= 15 is 0 Å². The van der Waals surface area contributed by atoms with Crippen LogP contribution in [0.25, 0.3) is 0 Å². The fraction of sp³-hybridized carbons (Fsp3) is 0.143. The third-order valence-corrected chi connectivity index (χ3v) is 3.50. The summed E-state index contributed by atoms with van der Waals surface area (Å²) < 4.78 is 29.1. The summed E-state index contributed by atoms with van der Waals surface area (Å²) in [6.45, 7) is 0. The summed E-state index contributed by atoms with van der Waals surface area (Å²) in [5.41, 5.74) is 0.394.